The van der Waals surface area contributed by atoms with Crippen LogP contribution < -0.4 is 9.47 Å². The van der Waals surface area contributed by atoms with Crippen molar-refractivity contribution in [2.45, 2.75) is 32.0 Å². The van der Waals surface area contributed by atoms with Crippen molar-refractivity contribution in [1.29, 1.82) is 0 Å². The monoisotopic (exact) mass is 416 g/mol. The fourth-order valence-corrected chi connectivity index (χ4v) is 3.61. The summed E-state index contributed by atoms with van der Waals surface area (Å²) in [5, 5.41) is 0. The lowest BCUT2D eigenvalue weighted by Gasteiger charge is -2.15. The van der Waals surface area contributed by atoms with Gasteiger partial charge in [0.05, 0.1) is 13.2 Å². The van der Waals surface area contributed by atoms with Crippen molar-refractivity contribution in [3.05, 3.63) is 72.3 Å². The Balaban J connectivity index is 1.30. The first-order valence-corrected chi connectivity index (χ1v) is 11.0. The maximum Gasteiger partial charge on any atom is 0.122 e. The van der Waals surface area contributed by atoms with Crippen molar-refractivity contribution >= 4 is 0 Å². The zero-order valence-electron chi connectivity index (χ0n) is 18.0. The van der Waals surface area contributed by atoms with E-state index in [0.29, 0.717) is 19.1 Å². The van der Waals surface area contributed by atoms with E-state index in [0.717, 1.165) is 24.7 Å². The summed E-state index contributed by atoms with van der Waals surface area (Å²) in [6, 6.07) is 23.4. The van der Waals surface area contributed by atoms with Crippen LogP contribution in [0.3, 0.4) is 0 Å². The third-order valence-electron chi connectivity index (χ3n) is 5.70. The highest BCUT2D eigenvalue weighted by atomic mass is 16.6. The van der Waals surface area contributed by atoms with E-state index in [1.165, 1.54) is 27.8 Å². The summed E-state index contributed by atoms with van der Waals surface area (Å²) in [6.45, 7) is 7.29. The molecule has 2 heterocycles. The Bertz CT molecular complexity index is 1020. The molecule has 0 bridgehead atoms. The van der Waals surface area contributed by atoms with Gasteiger partial charge in [0.1, 0.15) is 36.9 Å². The van der Waals surface area contributed by atoms with E-state index in [1.54, 1.807) is 0 Å². The van der Waals surface area contributed by atoms with Crippen LogP contribution in [-0.4, -0.2) is 38.6 Å². The van der Waals surface area contributed by atoms with Crippen LogP contribution in [0, 0.1) is 0 Å². The second-order valence-corrected chi connectivity index (χ2v) is 8.54. The van der Waals surface area contributed by atoms with Crippen LogP contribution in [0.25, 0.3) is 22.3 Å². The Labute approximate surface area is 183 Å². The maximum atomic E-state index is 5.99. The lowest BCUT2D eigenvalue weighted by Crippen LogP contribution is -2.06. The number of hydrogen-bond donors (Lipinski definition) is 0. The highest BCUT2D eigenvalue weighted by Gasteiger charge is 2.24. The van der Waals surface area contributed by atoms with E-state index in [9.17, 15) is 0 Å². The molecule has 31 heavy (non-hydrogen) atoms. The number of benzene rings is 3. The molecule has 0 N–H and O–H groups in total. The molecule has 4 nitrogen and oxygen atoms in total. The van der Waals surface area contributed by atoms with Gasteiger partial charge in [0.15, 0.2) is 0 Å². The van der Waals surface area contributed by atoms with E-state index in [4.69, 9.17) is 18.9 Å². The van der Waals surface area contributed by atoms with Gasteiger partial charge >= 0.3 is 0 Å². The van der Waals surface area contributed by atoms with Gasteiger partial charge in [-0.1, -0.05) is 56.3 Å². The molecule has 160 valence electrons. The molecule has 2 fully saturated rings. The van der Waals surface area contributed by atoms with E-state index in [1.807, 2.05) is 12.1 Å². The van der Waals surface area contributed by atoms with Crippen LogP contribution in [0.15, 0.2) is 66.7 Å². The number of ether oxygens (including phenoxy) is 4. The van der Waals surface area contributed by atoms with Gasteiger partial charge in [-0.15, -0.1) is 0 Å². The molecule has 3 aromatic rings. The smallest absolute Gasteiger partial charge is 0.122 e. The molecule has 5 rings (SSSR count). The normalized spacial score (nSPS) is 19.3. The summed E-state index contributed by atoms with van der Waals surface area (Å²) in [5.74, 6) is 2.23. The van der Waals surface area contributed by atoms with Crippen molar-refractivity contribution in [2.75, 3.05) is 26.4 Å². The van der Waals surface area contributed by atoms with Crippen LogP contribution in [0.1, 0.15) is 25.3 Å². The van der Waals surface area contributed by atoms with Gasteiger partial charge in [-0.05, 0) is 58.0 Å². The van der Waals surface area contributed by atoms with Crippen molar-refractivity contribution in [2.24, 2.45) is 0 Å². The molecule has 0 amide bonds. The quantitative estimate of drug-likeness (QED) is 0.420. The third-order valence-corrected chi connectivity index (χ3v) is 5.70. The highest BCUT2D eigenvalue weighted by molar-refractivity contribution is 5.71. The Hall–Kier alpha value is -2.82. The minimum absolute atomic E-state index is 0.264. The third kappa shape index (κ3) is 5.09. The number of rotatable bonds is 9. The summed E-state index contributed by atoms with van der Waals surface area (Å²) in [6.07, 6.45) is 0.538. The summed E-state index contributed by atoms with van der Waals surface area (Å²) in [7, 11) is 0. The fraction of sp³-hybridized carbons (Fsp3) is 0.333. The predicted molar refractivity (Wildman–Crippen MR) is 122 cm³/mol. The average molecular weight is 417 g/mol. The summed E-state index contributed by atoms with van der Waals surface area (Å²) in [4.78, 5) is 0. The van der Waals surface area contributed by atoms with Gasteiger partial charge in [0.25, 0.3) is 0 Å². The van der Waals surface area contributed by atoms with Crippen molar-refractivity contribution in [1.82, 2.24) is 0 Å². The van der Waals surface area contributed by atoms with Crippen molar-refractivity contribution in [3.63, 3.8) is 0 Å². The zero-order valence-corrected chi connectivity index (χ0v) is 18.0. The molecule has 2 aliphatic rings. The minimum atomic E-state index is 0.264. The van der Waals surface area contributed by atoms with Crippen molar-refractivity contribution in [3.8, 4) is 33.8 Å². The lowest BCUT2D eigenvalue weighted by atomic mass is 9.95. The Kier molecular flexibility index (Phi) is 5.66. The highest BCUT2D eigenvalue weighted by Crippen LogP contribution is 2.33. The molecule has 0 radical (unpaired) electrons. The molecule has 0 spiro atoms. The molecule has 2 atom stereocenters. The number of epoxide rings is 2. The second kappa shape index (κ2) is 8.74. The molecule has 2 saturated heterocycles. The fourth-order valence-electron chi connectivity index (χ4n) is 3.61. The number of hydrogen-bond acceptors (Lipinski definition) is 4. The molecule has 2 aliphatic heterocycles. The molecule has 2 unspecified atom stereocenters. The summed E-state index contributed by atoms with van der Waals surface area (Å²) < 4.78 is 22.2. The maximum absolute atomic E-state index is 5.99. The minimum Gasteiger partial charge on any atom is -0.491 e. The average Bonchev–Trinajstić information content (AvgIpc) is 3.72. The van der Waals surface area contributed by atoms with Gasteiger partial charge in [0.2, 0.25) is 0 Å². The first kappa shape index (κ1) is 20.1. The van der Waals surface area contributed by atoms with Crippen LogP contribution in [0.4, 0.5) is 0 Å². The van der Waals surface area contributed by atoms with E-state index in [-0.39, 0.29) is 12.2 Å². The molecule has 0 aromatic heterocycles. The topological polar surface area (TPSA) is 43.5 Å². The van der Waals surface area contributed by atoms with Crippen LogP contribution in [-0.2, 0) is 9.47 Å². The predicted octanol–water partition coefficient (Wildman–Crippen LogP) is 5.70. The van der Waals surface area contributed by atoms with E-state index in [2.05, 4.69) is 68.4 Å². The SMILES string of the molecule is CC(C)c1cc(-c2ccc(-c3ccc(OCC4CO4)cc3)cc2)ccc1OCC1CO1. The van der Waals surface area contributed by atoms with Crippen LogP contribution in [0.5, 0.6) is 11.5 Å². The Morgan fingerprint density at radius 3 is 1.74 bits per heavy atom. The van der Waals surface area contributed by atoms with Gasteiger partial charge < -0.3 is 18.9 Å². The zero-order chi connectivity index (χ0) is 21.2. The Morgan fingerprint density at radius 1 is 0.710 bits per heavy atom. The molecular formula is C27H28O4. The summed E-state index contributed by atoms with van der Waals surface area (Å²) >= 11 is 0. The largest absolute Gasteiger partial charge is 0.491 e. The van der Waals surface area contributed by atoms with Crippen LogP contribution >= 0.6 is 0 Å². The van der Waals surface area contributed by atoms with E-state index >= 15 is 0 Å². The molecule has 4 heteroatoms. The van der Waals surface area contributed by atoms with Gasteiger partial charge in [0, 0.05) is 0 Å². The Morgan fingerprint density at radius 2 is 1.19 bits per heavy atom. The van der Waals surface area contributed by atoms with Crippen LogP contribution in [0.2, 0.25) is 0 Å². The lowest BCUT2D eigenvalue weighted by molar-refractivity contribution is 0.260. The molecule has 3 aromatic carbocycles. The molecule has 0 saturated carbocycles. The standard InChI is InChI=1S/C27H28O4/c1-18(2)26-13-22(9-12-27(26)31-17-25-16-30-25)21-5-3-19(4-6-21)20-7-10-23(11-8-20)28-14-24-15-29-24/h3-13,18,24-25H,14-17H2,1-2H3. The molecular weight excluding hydrogens is 388 g/mol. The first-order valence-electron chi connectivity index (χ1n) is 11.0. The van der Waals surface area contributed by atoms with Gasteiger partial charge in [-0.25, -0.2) is 0 Å². The second-order valence-electron chi connectivity index (χ2n) is 8.54. The van der Waals surface area contributed by atoms with Gasteiger partial charge in [-0.2, -0.15) is 0 Å². The first-order chi connectivity index (χ1) is 15.2. The van der Waals surface area contributed by atoms with E-state index < -0.39 is 0 Å². The van der Waals surface area contributed by atoms with Crippen molar-refractivity contribution < 1.29 is 18.9 Å². The molecule has 0 aliphatic carbocycles. The summed E-state index contributed by atoms with van der Waals surface area (Å²) in [5.41, 5.74) is 6.00. The van der Waals surface area contributed by atoms with Gasteiger partial charge in [-0.3, -0.25) is 0 Å².